The number of nitrogens with zero attached hydrogens (tertiary/aromatic N) is 4. The molecule has 1 amide bonds. The Hall–Kier alpha value is -1.66. The van der Waals surface area contributed by atoms with E-state index in [4.69, 9.17) is 15.3 Å². The highest BCUT2D eigenvalue weighted by Gasteiger charge is 2.20. The first-order valence-corrected chi connectivity index (χ1v) is 7.36. The van der Waals surface area contributed by atoms with Crippen molar-refractivity contribution in [2.45, 2.75) is 0 Å². The zero-order valence-electron chi connectivity index (χ0n) is 12.7. The van der Waals surface area contributed by atoms with Crippen LogP contribution in [0.4, 0.5) is 0 Å². The van der Waals surface area contributed by atoms with E-state index in [1.54, 1.807) is 6.20 Å². The maximum absolute atomic E-state index is 12.2. The van der Waals surface area contributed by atoms with Crippen LogP contribution in [0, 0.1) is 11.3 Å². The normalized spacial score (nSPS) is 16.5. The lowest BCUT2D eigenvalue weighted by atomic mass is 10.2. The van der Waals surface area contributed by atoms with Crippen molar-refractivity contribution < 1.29 is 20.1 Å². The minimum atomic E-state index is -0.483. The van der Waals surface area contributed by atoms with Gasteiger partial charge >= 0.3 is 0 Å². The molecule has 0 atom stereocenters. The lowest BCUT2D eigenvalue weighted by Gasteiger charge is -2.34. The number of aliphatic hydroxyl groups excluding tert-OH is 3. The highest BCUT2D eigenvalue weighted by molar-refractivity contribution is 5.97. The lowest BCUT2D eigenvalue weighted by molar-refractivity contribution is -0.127. The number of carbonyl (C=O) groups excluding carboxylic acids is 1. The van der Waals surface area contributed by atoms with Gasteiger partial charge < -0.3 is 25.1 Å². The number of hydrogen-bond donors (Lipinski definition) is 3. The van der Waals surface area contributed by atoms with Crippen LogP contribution in [0.15, 0.2) is 11.8 Å². The summed E-state index contributed by atoms with van der Waals surface area (Å²) in [5, 5.41) is 36.0. The molecular weight excluding hydrogens is 288 g/mol. The zero-order valence-corrected chi connectivity index (χ0v) is 12.7. The fourth-order valence-electron chi connectivity index (χ4n) is 2.30. The molecule has 1 aliphatic heterocycles. The lowest BCUT2D eigenvalue weighted by Crippen LogP contribution is -2.45. The fourth-order valence-corrected chi connectivity index (χ4v) is 2.30. The van der Waals surface area contributed by atoms with Gasteiger partial charge in [0.1, 0.15) is 11.6 Å². The van der Waals surface area contributed by atoms with E-state index in [2.05, 4.69) is 4.90 Å². The highest BCUT2D eigenvalue weighted by Crippen LogP contribution is 2.07. The molecule has 0 bridgehead atoms. The van der Waals surface area contributed by atoms with Crippen LogP contribution in [-0.2, 0) is 4.79 Å². The summed E-state index contributed by atoms with van der Waals surface area (Å²) in [6.07, 6.45) is 1.54. The van der Waals surface area contributed by atoms with Gasteiger partial charge in [0.15, 0.2) is 0 Å². The van der Waals surface area contributed by atoms with E-state index >= 15 is 0 Å². The van der Waals surface area contributed by atoms with Gasteiger partial charge in [0.25, 0.3) is 5.91 Å². The molecule has 0 radical (unpaired) electrons. The molecule has 1 heterocycles. The summed E-state index contributed by atoms with van der Waals surface area (Å²) < 4.78 is 0. The molecule has 1 aliphatic rings. The van der Waals surface area contributed by atoms with Crippen LogP contribution in [0.25, 0.3) is 0 Å². The van der Waals surface area contributed by atoms with E-state index in [1.165, 1.54) is 4.90 Å². The Morgan fingerprint density at radius 3 is 2.14 bits per heavy atom. The molecule has 0 aromatic rings. The molecule has 0 spiro atoms. The van der Waals surface area contributed by atoms with Gasteiger partial charge in [0.2, 0.25) is 0 Å². The SMILES string of the molecule is N#C/C(=C/N1CCN(CCO)CC1)C(=O)N(CCO)CCO. The van der Waals surface area contributed by atoms with Gasteiger partial charge in [-0.1, -0.05) is 0 Å². The van der Waals surface area contributed by atoms with Gasteiger partial charge in [-0.05, 0) is 0 Å². The van der Waals surface area contributed by atoms with Crippen molar-refractivity contribution in [3.05, 3.63) is 11.8 Å². The molecule has 1 fully saturated rings. The van der Waals surface area contributed by atoms with Crippen LogP contribution in [0.5, 0.6) is 0 Å². The third-order valence-electron chi connectivity index (χ3n) is 3.51. The predicted octanol–water partition coefficient (Wildman–Crippen LogP) is -2.18. The molecule has 22 heavy (non-hydrogen) atoms. The Balaban J connectivity index is 2.66. The molecule has 0 aromatic heterocycles. The van der Waals surface area contributed by atoms with E-state index in [0.717, 1.165) is 13.1 Å². The molecule has 0 aliphatic carbocycles. The van der Waals surface area contributed by atoms with Crippen molar-refractivity contribution in [3.8, 4) is 6.07 Å². The summed E-state index contributed by atoms with van der Waals surface area (Å²) in [6.45, 7) is 3.37. The minimum Gasteiger partial charge on any atom is -0.395 e. The van der Waals surface area contributed by atoms with Gasteiger partial charge in [-0.15, -0.1) is 0 Å². The average Bonchev–Trinajstić information content (AvgIpc) is 2.53. The van der Waals surface area contributed by atoms with Gasteiger partial charge in [-0.25, -0.2) is 0 Å². The van der Waals surface area contributed by atoms with Crippen molar-refractivity contribution in [1.82, 2.24) is 14.7 Å². The first kappa shape index (κ1) is 18.4. The summed E-state index contributed by atoms with van der Waals surface area (Å²) >= 11 is 0. The van der Waals surface area contributed by atoms with Gasteiger partial charge in [-0.2, -0.15) is 5.26 Å². The molecule has 124 valence electrons. The Labute approximate surface area is 130 Å². The van der Waals surface area contributed by atoms with Crippen molar-refractivity contribution in [1.29, 1.82) is 5.26 Å². The zero-order chi connectivity index (χ0) is 16.4. The van der Waals surface area contributed by atoms with Crippen LogP contribution in [0.1, 0.15) is 0 Å². The summed E-state index contributed by atoms with van der Waals surface area (Å²) in [6, 6.07) is 1.89. The number of hydrogen-bond acceptors (Lipinski definition) is 7. The van der Waals surface area contributed by atoms with Crippen LogP contribution in [0.3, 0.4) is 0 Å². The maximum Gasteiger partial charge on any atom is 0.266 e. The first-order valence-electron chi connectivity index (χ1n) is 7.36. The van der Waals surface area contributed by atoms with E-state index in [0.29, 0.717) is 19.6 Å². The smallest absolute Gasteiger partial charge is 0.266 e. The second-order valence-corrected chi connectivity index (χ2v) is 5.00. The topological polar surface area (TPSA) is 111 Å². The summed E-state index contributed by atoms with van der Waals surface area (Å²) in [4.78, 5) is 17.5. The Kier molecular flexibility index (Phi) is 8.47. The van der Waals surface area contributed by atoms with Crippen molar-refractivity contribution in [2.24, 2.45) is 0 Å². The van der Waals surface area contributed by atoms with E-state index in [1.807, 2.05) is 11.0 Å². The number of nitriles is 1. The Morgan fingerprint density at radius 1 is 1.09 bits per heavy atom. The standard InChI is InChI=1S/C14H24N4O4/c15-11-13(14(22)18(6-9-20)7-10-21)12-17-3-1-16(2-4-17)5-8-19/h12,19-21H,1-10H2/b13-12-. The van der Waals surface area contributed by atoms with Crippen LogP contribution < -0.4 is 0 Å². The summed E-state index contributed by atoms with van der Waals surface area (Å²) in [7, 11) is 0. The Morgan fingerprint density at radius 2 is 1.68 bits per heavy atom. The van der Waals surface area contributed by atoms with E-state index in [9.17, 15) is 10.1 Å². The number of β-amino-alcohol motifs (C(OH)–C–C–N with tert-alkyl or cyclic N) is 1. The number of rotatable bonds is 8. The molecule has 0 aromatic carbocycles. The molecule has 8 nitrogen and oxygen atoms in total. The van der Waals surface area contributed by atoms with Gasteiger partial charge in [0, 0.05) is 52.0 Å². The van der Waals surface area contributed by atoms with E-state index in [-0.39, 0.29) is 38.5 Å². The van der Waals surface area contributed by atoms with Crippen LogP contribution in [0.2, 0.25) is 0 Å². The van der Waals surface area contributed by atoms with Gasteiger partial charge in [-0.3, -0.25) is 9.69 Å². The van der Waals surface area contributed by atoms with Crippen molar-refractivity contribution >= 4 is 5.91 Å². The van der Waals surface area contributed by atoms with Crippen LogP contribution >= 0.6 is 0 Å². The predicted molar refractivity (Wildman–Crippen MR) is 79.5 cm³/mol. The molecular formula is C14H24N4O4. The highest BCUT2D eigenvalue weighted by atomic mass is 16.3. The summed E-state index contributed by atoms with van der Waals surface area (Å²) in [5.41, 5.74) is -0.00231. The minimum absolute atomic E-state index is 0.00231. The fraction of sp³-hybridized carbons (Fsp3) is 0.714. The molecule has 1 saturated heterocycles. The quantitative estimate of drug-likeness (QED) is 0.345. The molecule has 0 unspecified atom stereocenters. The molecule has 1 rings (SSSR count). The monoisotopic (exact) mass is 312 g/mol. The number of aliphatic hydroxyl groups is 3. The third-order valence-corrected chi connectivity index (χ3v) is 3.51. The van der Waals surface area contributed by atoms with Crippen LogP contribution in [-0.4, -0.2) is 102 Å². The second kappa shape index (κ2) is 10.1. The number of carbonyl (C=O) groups is 1. The molecule has 3 N–H and O–H groups in total. The average molecular weight is 312 g/mol. The van der Waals surface area contributed by atoms with E-state index < -0.39 is 5.91 Å². The maximum atomic E-state index is 12.2. The Bertz CT molecular complexity index is 408. The molecule has 8 heteroatoms. The second-order valence-electron chi connectivity index (χ2n) is 5.00. The van der Waals surface area contributed by atoms with Gasteiger partial charge in [0.05, 0.1) is 19.8 Å². The third kappa shape index (κ3) is 5.61. The van der Waals surface area contributed by atoms with Crippen molar-refractivity contribution in [2.75, 3.05) is 65.6 Å². The first-order chi connectivity index (χ1) is 10.7. The summed E-state index contributed by atoms with van der Waals surface area (Å²) in [5.74, 6) is -0.483. The van der Waals surface area contributed by atoms with Crippen molar-refractivity contribution in [3.63, 3.8) is 0 Å². The number of amides is 1. The molecule has 0 saturated carbocycles. The largest absolute Gasteiger partial charge is 0.395 e. The number of piperazine rings is 1.